The Balaban J connectivity index is 2.33. The van der Waals surface area contributed by atoms with Crippen molar-refractivity contribution in [2.45, 2.75) is 31.8 Å². The fourth-order valence-electron chi connectivity index (χ4n) is 2.07. The molecule has 1 aromatic heterocycles. The van der Waals surface area contributed by atoms with E-state index in [4.69, 9.17) is 5.73 Å². The van der Waals surface area contributed by atoms with Crippen molar-refractivity contribution in [2.24, 2.45) is 0 Å². The predicted molar refractivity (Wildman–Crippen MR) is 82.0 cm³/mol. The number of nitrogens with zero attached hydrogens (tertiary/aromatic N) is 3. The molecule has 0 aliphatic heterocycles. The minimum absolute atomic E-state index is 0.0448. The van der Waals surface area contributed by atoms with Crippen molar-refractivity contribution in [1.82, 2.24) is 14.1 Å². The number of sulfonamides is 1. The van der Waals surface area contributed by atoms with Crippen LogP contribution in [-0.4, -0.2) is 29.0 Å². The second-order valence-corrected chi connectivity index (χ2v) is 6.56. The summed E-state index contributed by atoms with van der Waals surface area (Å²) in [7, 11) is -3.64. The van der Waals surface area contributed by atoms with Crippen LogP contribution in [0.15, 0.2) is 41.4 Å². The van der Waals surface area contributed by atoms with Crippen molar-refractivity contribution >= 4 is 15.8 Å². The molecule has 0 aliphatic carbocycles. The first-order chi connectivity index (χ1) is 9.98. The van der Waals surface area contributed by atoms with E-state index in [0.717, 1.165) is 5.56 Å². The summed E-state index contributed by atoms with van der Waals surface area (Å²) < 4.78 is 28.3. The molecule has 21 heavy (non-hydrogen) atoms. The first kappa shape index (κ1) is 15.5. The van der Waals surface area contributed by atoms with Gasteiger partial charge in [-0.15, -0.1) is 0 Å². The number of anilines is 1. The molecule has 0 amide bonds. The number of nitrogens with two attached hydrogens (primary N) is 1. The van der Waals surface area contributed by atoms with Crippen LogP contribution in [0.25, 0.3) is 0 Å². The second-order valence-electron chi connectivity index (χ2n) is 4.65. The van der Waals surface area contributed by atoms with Crippen molar-refractivity contribution in [2.75, 3.05) is 12.3 Å². The van der Waals surface area contributed by atoms with Gasteiger partial charge in [0.05, 0.1) is 0 Å². The average molecular weight is 308 g/mol. The summed E-state index contributed by atoms with van der Waals surface area (Å²) >= 11 is 0. The molecule has 1 heterocycles. The number of nitrogen functional groups attached to an aromatic ring is 1. The Hall–Kier alpha value is -1.86. The highest BCUT2D eigenvalue weighted by molar-refractivity contribution is 7.89. The molecule has 0 spiro atoms. The number of benzene rings is 1. The van der Waals surface area contributed by atoms with Crippen LogP contribution in [0.2, 0.25) is 0 Å². The standard InChI is InChI=1S/C14H20N4O2S/c1-3-17-11-13(14(15)16-17)21(19,20)18(4-2)10-12-8-6-5-7-9-12/h5-9,11H,3-4,10H2,1-2H3,(H2,15,16). The molecule has 1 aromatic carbocycles. The zero-order chi connectivity index (χ0) is 15.5. The first-order valence-corrected chi connectivity index (χ1v) is 8.30. The van der Waals surface area contributed by atoms with Crippen molar-refractivity contribution in [3.05, 3.63) is 42.1 Å². The Kier molecular flexibility index (Phi) is 4.64. The number of aryl methyl sites for hydroxylation is 1. The Bertz CT molecular complexity index is 695. The van der Waals surface area contributed by atoms with Gasteiger partial charge in [0, 0.05) is 25.8 Å². The van der Waals surface area contributed by atoms with E-state index in [9.17, 15) is 8.42 Å². The molecule has 2 rings (SSSR count). The van der Waals surface area contributed by atoms with Gasteiger partial charge in [-0.1, -0.05) is 37.3 Å². The highest BCUT2D eigenvalue weighted by Crippen LogP contribution is 2.22. The highest BCUT2D eigenvalue weighted by atomic mass is 32.2. The maximum Gasteiger partial charge on any atom is 0.248 e. The quantitative estimate of drug-likeness (QED) is 0.880. The van der Waals surface area contributed by atoms with Crippen molar-refractivity contribution < 1.29 is 8.42 Å². The SMILES string of the molecule is CCN(Cc1ccccc1)S(=O)(=O)c1cn(CC)nc1N. The molecule has 2 N–H and O–H groups in total. The summed E-state index contributed by atoms with van der Waals surface area (Å²) in [5.41, 5.74) is 6.69. The van der Waals surface area contributed by atoms with E-state index < -0.39 is 10.0 Å². The number of rotatable bonds is 6. The summed E-state index contributed by atoms with van der Waals surface area (Å²) in [6.45, 7) is 4.94. The molecule has 0 fully saturated rings. The molecule has 2 aromatic rings. The van der Waals surface area contributed by atoms with E-state index in [2.05, 4.69) is 5.10 Å². The van der Waals surface area contributed by atoms with E-state index in [0.29, 0.717) is 19.6 Å². The first-order valence-electron chi connectivity index (χ1n) is 6.86. The zero-order valence-electron chi connectivity index (χ0n) is 12.2. The van der Waals surface area contributed by atoms with Gasteiger partial charge in [-0.25, -0.2) is 8.42 Å². The molecule has 0 saturated heterocycles. The normalized spacial score (nSPS) is 12.0. The monoisotopic (exact) mass is 308 g/mol. The zero-order valence-corrected chi connectivity index (χ0v) is 13.0. The fraction of sp³-hybridized carbons (Fsp3) is 0.357. The number of hydrogen-bond donors (Lipinski definition) is 1. The van der Waals surface area contributed by atoms with Gasteiger partial charge < -0.3 is 5.73 Å². The minimum atomic E-state index is -3.64. The molecule has 0 radical (unpaired) electrons. The van der Waals surface area contributed by atoms with E-state index in [1.807, 2.05) is 37.3 Å². The van der Waals surface area contributed by atoms with Crippen molar-refractivity contribution in [3.63, 3.8) is 0 Å². The lowest BCUT2D eigenvalue weighted by molar-refractivity contribution is 0.423. The molecule has 6 nitrogen and oxygen atoms in total. The highest BCUT2D eigenvalue weighted by Gasteiger charge is 2.27. The third-order valence-corrected chi connectivity index (χ3v) is 5.19. The van der Waals surface area contributed by atoms with E-state index >= 15 is 0 Å². The fourth-order valence-corrected chi connectivity index (χ4v) is 3.57. The molecule has 0 unspecified atom stereocenters. The average Bonchev–Trinajstić information content (AvgIpc) is 2.87. The van der Waals surface area contributed by atoms with Gasteiger partial charge in [-0.2, -0.15) is 9.40 Å². The maximum atomic E-state index is 12.7. The molecule has 114 valence electrons. The van der Waals surface area contributed by atoms with Crippen molar-refractivity contribution in [3.8, 4) is 0 Å². The van der Waals surface area contributed by atoms with Gasteiger partial charge in [-0.3, -0.25) is 4.68 Å². The van der Waals surface area contributed by atoms with Gasteiger partial charge in [-0.05, 0) is 12.5 Å². The Labute approximate surface area is 125 Å². The molecule has 0 bridgehead atoms. The van der Waals surface area contributed by atoms with E-state index in [1.165, 1.54) is 15.2 Å². The Morgan fingerprint density at radius 2 is 1.90 bits per heavy atom. The molecule has 7 heteroatoms. The largest absolute Gasteiger partial charge is 0.381 e. The smallest absolute Gasteiger partial charge is 0.248 e. The van der Waals surface area contributed by atoms with Crippen LogP contribution in [0, 0.1) is 0 Å². The third-order valence-electron chi connectivity index (χ3n) is 3.25. The van der Waals surface area contributed by atoms with Crippen molar-refractivity contribution in [1.29, 1.82) is 0 Å². The van der Waals surface area contributed by atoms with Crippen LogP contribution in [0.3, 0.4) is 0 Å². The molecule has 0 atom stereocenters. The predicted octanol–water partition coefficient (Wildman–Crippen LogP) is 1.70. The maximum absolute atomic E-state index is 12.7. The molecule has 0 saturated carbocycles. The number of hydrogen-bond acceptors (Lipinski definition) is 4. The third kappa shape index (κ3) is 3.25. The Morgan fingerprint density at radius 1 is 1.24 bits per heavy atom. The van der Waals surface area contributed by atoms with Crippen LogP contribution >= 0.6 is 0 Å². The van der Waals surface area contributed by atoms with Gasteiger partial charge in [0.2, 0.25) is 10.0 Å². The van der Waals surface area contributed by atoms with Crippen LogP contribution in [0.1, 0.15) is 19.4 Å². The second kappa shape index (κ2) is 6.28. The van der Waals surface area contributed by atoms with Gasteiger partial charge in [0.15, 0.2) is 5.82 Å². The van der Waals surface area contributed by atoms with Crippen LogP contribution in [0.5, 0.6) is 0 Å². The summed E-state index contributed by atoms with van der Waals surface area (Å²) in [4.78, 5) is 0.0714. The molecular formula is C14H20N4O2S. The van der Waals surface area contributed by atoms with Crippen LogP contribution in [-0.2, 0) is 23.1 Å². The van der Waals surface area contributed by atoms with Gasteiger partial charge >= 0.3 is 0 Å². The van der Waals surface area contributed by atoms with Crippen LogP contribution < -0.4 is 5.73 Å². The van der Waals surface area contributed by atoms with Gasteiger partial charge in [0.25, 0.3) is 0 Å². The topological polar surface area (TPSA) is 81.2 Å². The number of aromatic nitrogens is 2. The van der Waals surface area contributed by atoms with Gasteiger partial charge in [0.1, 0.15) is 4.90 Å². The minimum Gasteiger partial charge on any atom is -0.381 e. The Morgan fingerprint density at radius 3 is 2.43 bits per heavy atom. The lowest BCUT2D eigenvalue weighted by atomic mass is 10.2. The summed E-state index contributed by atoms with van der Waals surface area (Å²) in [6, 6.07) is 9.48. The van der Waals surface area contributed by atoms with Crippen LogP contribution in [0.4, 0.5) is 5.82 Å². The van der Waals surface area contributed by atoms with E-state index in [1.54, 1.807) is 6.92 Å². The summed E-state index contributed by atoms with van der Waals surface area (Å²) in [5.74, 6) is 0.0448. The lowest BCUT2D eigenvalue weighted by Gasteiger charge is -2.19. The molecule has 0 aliphatic rings. The summed E-state index contributed by atoms with van der Waals surface area (Å²) in [5, 5.41) is 4.01. The molecular weight excluding hydrogens is 288 g/mol. The van der Waals surface area contributed by atoms with E-state index in [-0.39, 0.29) is 10.7 Å². The lowest BCUT2D eigenvalue weighted by Crippen LogP contribution is -2.30. The summed E-state index contributed by atoms with van der Waals surface area (Å²) in [6.07, 6.45) is 1.48.